The number of alkyl halides is 3. The Hall–Kier alpha value is -1.37. The van der Waals surface area contributed by atoms with Crippen molar-refractivity contribution in [3.63, 3.8) is 0 Å². The molecule has 2 N–H and O–H groups in total. The number of aromatic nitrogens is 2. The molecular formula is C9H11F3N4. The van der Waals surface area contributed by atoms with Gasteiger partial charge in [-0.05, 0) is 12.6 Å². The second-order valence-corrected chi connectivity index (χ2v) is 3.75. The zero-order valence-corrected chi connectivity index (χ0v) is 8.41. The maximum absolute atomic E-state index is 12.4. The summed E-state index contributed by atoms with van der Waals surface area (Å²) in [5.41, 5.74) is 4.52. The van der Waals surface area contributed by atoms with Crippen molar-refractivity contribution in [2.45, 2.75) is 6.18 Å². The van der Waals surface area contributed by atoms with Gasteiger partial charge in [0.25, 0.3) is 0 Å². The Morgan fingerprint density at radius 2 is 2.12 bits per heavy atom. The summed E-state index contributed by atoms with van der Waals surface area (Å²) < 4.78 is 37.1. The largest absolute Gasteiger partial charge is 0.433 e. The Kier molecular flexibility index (Phi) is 2.71. The Balaban J connectivity index is 2.12. The fourth-order valence-electron chi connectivity index (χ4n) is 1.54. The van der Waals surface area contributed by atoms with Crippen LogP contribution in [0.2, 0.25) is 0 Å². The number of nitrogens with two attached hydrogens (primary N) is 1. The third-order valence-electron chi connectivity index (χ3n) is 2.51. The molecule has 16 heavy (non-hydrogen) atoms. The van der Waals surface area contributed by atoms with Gasteiger partial charge in [0, 0.05) is 25.2 Å². The maximum Gasteiger partial charge on any atom is 0.433 e. The minimum Gasteiger partial charge on any atom is -0.340 e. The average Bonchev–Trinajstić information content (AvgIpc) is 2.15. The highest BCUT2D eigenvalue weighted by Gasteiger charge is 2.34. The van der Waals surface area contributed by atoms with E-state index in [-0.39, 0.29) is 5.95 Å². The Morgan fingerprint density at radius 3 is 2.69 bits per heavy atom. The van der Waals surface area contributed by atoms with Crippen LogP contribution in [0.1, 0.15) is 5.69 Å². The third kappa shape index (κ3) is 2.08. The quantitative estimate of drug-likeness (QED) is 0.822. The zero-order valence-electron chi connectivity index (χ0n) is 8.41. The molecule has 0 atom stereocenters. The summed E-state index contributed by atoms with van der Waals surface area (Å²) in [6, 6.07) is 0.865. The topological polar surface area (TPSA) is 55.0 Å². The number of halogens is 3. The summed E-state index contributed by atoms with van der Waals surface area (Å²) in [5.74, 6) is 0.456. The van der Waals surface area contributed by atoms with Gasteiger partial charge >= 0.3 is 6.18 Å². The maximum atomic E-state index is 12.4. The molecule has 1 aromatic rings. The molecule has 0 radical (unpaired) electrons. The van der Waals surface area contributed by atoms with Gasteiger partial charge in [0.1, 0.15) is 5.69 Å². The second-order valence-electron chi connectivity index (χ2n) is 3.75. The van der Waals surface area contributed by atoms with Crippen molar-refractivity contribution in [1.82, 2.24) is 9.97 Å². The van der Waals surface area contributed by atoms with Gasteiger partial charge in [0.2, 0.25) is 5.95 Å². The lowest BCUT2D eigenvalue weighted by molar-refractivity contribution is -0.141. The van der Waals surface area contributed by atoms with Gasteiger partial charge in [-0.3, -0.25) is 0 Å². The summed E-state index contributed by atoms with van der Waals surface area (Å²) in [6.07, 6.45) is -3.29. The normalized spacial score (nSPS) is 17.4. The summed E-state index contributed by atoms with van der Waals surface area (Å²) in [5, 5.41) is 0. The van der Waals surface area contributed by atoms with Crippen LogP contribution in [0.5, 0.6) is 0 Å². The van der Waals surface area contributed by atoms with E-state index in [2.05, 4.69) is 9.97 Å². The monoisotopic (exact) mass is 232 g/mol. The standard InChI is InChI=1S/C9H11F3N4/c10-9(11,12)7-1-2-14-8(15-7)16-4-6(3-13)5-16/h1-2,6H,3-5,13H2. The molecule has 0 amide bonds. The van der Waals surface area contributed by atoms with Crippen LogP contribution in [0.25, 0.3) is 0 Å². The molecule has 2 heterocycles. The van der Waals surface area contributed by atoms with E-state index in [0.717, 1.165) is 12.3 Å². The van der Waals surface area contributed by atoms with Crippen LogP contribution in [0, 0.1) is 5.92 Å². The highest BCUT2D eigenvalue weighted by atomic mass is 19.4. The van der Waals surface area contributed by atoms with Crippen LogP contribution in [0.15, 0.2) is 12.3 Å². The Labute approximate surface area is 90.3 Å². The fourth-order valence-corrected chi connectivity index (χ4v) is 1.54. The van der Waals surface area contributed by atoms with Crippen LogP contribution in [0.3, 0.4) is 0 Å². The predicted octanol–water partition coefficient (Wildman–Crippen LogP) is 0.890. The van der Waals surface area contributed by atoms with E-state index < -0.39 is 11.9 Å². The van der Waals surface area contributed by atoms with Gasteiger partial charge < -0.3 is 10.6 Å². The number of anilines is 1. The molecule has 1 saturated heterocycles. The third-order valence-corrected chi connectivity index (χ3v) is 2.51. The number of nitrogens with zero attached hydrogens (tertiary/aromatic N) is 3. The average molecular weight is 232 g/mol. The van der Waals surface area contributed by atoms with E-state index in [0.29, 0.717) is 25.6 Å². The van der Waals surface area contributed by atoms with Crippen LogP contribution < -0.4 is 10.6 Å². The summed E-state index contributed by atoms with van der Waals surface area (Å²) >= 11 is 0. The van der Waals surface area contributed by atoms with Gasteiger partial charge in [-0.1, -0.05) is 0 Å². The molecule has 88 valence electrons. The molecule has 0 saturated carbocycles. The van der Waals surface area contributed by atoms with Gasteiger partial charge in [0.15, 0.2) is 0 Å². The lowest BCUT2D eigenvalue weighted by Gasteiger charge is -2.38. The van der Waals surface area contributed by atoms with E-state index in [9.17, 15) is 13.2 Å². The molecule has 1 fully saturated rings. The first-order chi connectivity index (χ1) is 7.50. The van der Waals surface area contributed by atoms with Gasteiger partial charge in [0.05, 0.1) is 0 Å². The molecule has 2 rings (SSSR count). The lowest BCUT2D eigenvalue weighted by Crippen LogP contribution is -2.50. The van der Waals surface area contributed by atoms with Crippen molar-refractivity contribution in [1.29, 1.82) is 0 Å². The van der Waals surface area contributed by atoms with Crippen molar-refractivity contribution in [3.8, 4) is 0 Å². The molecular weight excluding hydrogens is 221 g/mol. The molecule has 4 nitrogen and oxygen atoms in total. The summed E-state index contributed by atoms with van der Waals surface area (Å²) in [6.45, 7) is 1.78. The SMILES string of the molecule is NCC1CN(c2nccc(C(F)(F)F)n2)C1. The minimum atomic E-state index is -4.42. The first-order valence-electron chi connectivity index (χ1n) is 4.86. The van der Waals surface area contributed by atoms with E-state index >= 15 is 0 Å². The molecule has 0 aromatic carbocycles. The van der Waals surface area contributed by atoms with E-state index in [4.69, 9.17) is 5.73 Å². The smallest absolute Gasteiger partial charge is 0.340 e. The molecule has 0 aliphatic carbocycles. The van der Waals surface area contributed by atoms with Crippen molar-refractivity contribution in [2.24, 2.45) is 11.7 Å². The number of hydrogen-bond acceptors (Lipinski definition) is 4. The molecule has 0 unspecified atom stereocenters. The highest BCUT2D eigenvalue weighted by molar-refractivity contribution is 5.34. The van der Waals surface area contributed by atoms with E-state index in [1.807, 2.05) is 0 Å². The van der Waals surface area contributed by atoms with Crippen LogP contribution in [0.4, 0.5) is 19.1 Å². The molecule has 7 heteroatoms. The van der Waals surface area contributed by atoms with Crippen LogP contribution in [-0.4, -0.2) is 29.6 Å². The first-order valence-corrected chi connectivity index (χ1v) is 4.86. The molecule has 1 aromatic heterocycles. The van der Waals surface area contributed by atoms with Crippen molar-refractivity contribution < 1.29 is 13.2 Å². The van der Waals surface area contributed by atoms with Gasteiger partial charge in [-0.2, -0.15) is 13.2 Å². The van der Waals surface area contributed by atoms with Gasteiger partial charge in [-0.25, -0.2) is 9.97 Å². The second kappa shape index (κ2) is 3.89. The van der Waals surface area contributed by atoms with E-state index in [1.165, 1.54) is 0 Å². The molecule has 1 aliphatic heterocycles. The van der Waals surface area contributed by atoms with E-state index in [1.54, 1.807) is 4.90 Å². The van der Waals surface area contributed by atoms with Crippen LogP contribution >= 0.6 is 0 Å². The summed E-state index contributed by atoms with van der Waals surface area (Å²) in [7, 11) is 0. The highest BCUT2D eigenvalue weighted by Crippen LogP contribution is 2.29. The Morgan fingerprint density at radius 1 is 1.44 bits per heavy atom. The van der Waals surface area contributed by atoms with Gasteiger partial charge in [-0.15, -0.1) is 0 Å². The van der Waals surface area contributed by atoms with Crippen LogP contribution in [-0.2, 0) is 6.18 Å². The molecule has 0 spiro atoms. The minimum absolute atomic E-state index is 0.125. The zero-order chi connectivity index (χ0) is 11.8. The van der Waals surface area contributed by atoms with Crippen molar-refractivity contribution in [2.75, 3.05) is 24.5 Å². The molecule has 0 bridgehead atoms. The molecule has 1 aliphatic rings. The van der Waals surface area contributed by atoms with Crippen molar-refractivity contribution in [3.05, 3.63) is 18.0 Å². The first kappa shape index (κ1) is 11.1. The number of rotatable bonds is 2. The Bertz CT molecular complexity index is 373. The predicted molar refractivity (Wildman–Crippen MR) is 51.8 cm³/mol. The van der Waals surface area contributed by atoms with Crippen molar-refractivity contribution >= 4 is 5.95 Å². The summed E-state index contributed by atoms with van der Waals surface area (Å²) in [4.78, 5) is 8.99. The lowest BCUT2D eigenvalue weighted by atomic mass is 10.0. The fraction of sp³-hybridized carbons (Fsp3) is 0.556. The number of hydrogen-bond donors (Lipinski definition) is 1.